The fraction of sp³-hybridized carbons (Fsp3) is 0.184. The number of carbonyl (C=O) groups excluding carboxylic acids is 2. The van der Waals surface area contributed by atoms with E-state index in [-0.39, 0.29) is 18.1 Å². The summed E-state index contributed by atoms with van der Waals surface area (Å²) in [7, 11) is 0. The number of rotatable bonds is 5. The normalized spacial score (nSPS) is 23.7. The zero-order chi connectivity index (χ0) is 31.9. The summed E-state index contributed by atoms with van der Waals surface area (Å²) in [6.07, 6.45) is 8.37. The summed E-state index contributed by atoms with van der Waals surface area (Å²) in [5, 5.41) is 20.8. The van der Waals surface area contributed by atoms with Gasteiger partial charge in [-0.3, -0.25) is 9.59 Å². The van der Waals surface area contributed by atoms with Gasteiger partial charge in [0.15, 0.2) is 17.1 Å². The third kappa shape index (κ3) is 4.34. The molecule has 1 unspecified atom stereocenters. The van der Waals surface area contributed by atoms with Crippen molar-refractivity contribution in [3.8, 4) is 33.6 Å². The van der Waals surface area contributed by atoms with Crippen molar-refractivity contribution in [2.24, 2.45) is 5.92 Å². The van der Waals surface area contributed by atoms with E-state index in [4.69, 9.17) is 15.1 Å². The number of hydrogen-bond donors (Lipinski definition) is 1. The number of aromatic nitrogens is 4. The van der Waals surface area contributed by atoms with Gasteiger partial charge >= 0.3 is 0 Å². The van der Waals surface area contributed by atoms with E-state index in [2.05, 4.69) is 23.6 Å². The first kappa shape index (κ1) is 28.0. The molecule has 1 saturated carbocycles. The van der Waals surface area contributed by atoms with Crippen molar-refractivity contribution in [2.75, 3.05) is 0 Å². The number of amides is 1. The predicted octanol–water partition coefficient (Wildman–Crippen LogP) is 6.95. The lowest BCUT2D eigenvalue weighted by atomic mass is 9.61. The van der Waals surface area contributed by atoms with E-state index in [0.29, 0.717) is 18.5 Å². The molecule has 230 valence electrons. The molecule has 1 fully saturated rings. The van der Waals surface area contributed by atoms with E-state index < -0.39 is 17.1 Å². The van der Waals surface area contributed by atoms with Crippen LogP contribution >= 0.6 is 11.3 Å². The highest BCUT2D eigenvalue weighted by atomic mass is 32.1. The molecule has 47 heavy (non-hydrogen) atoms. The fourth-order valence-electron chi connectivity index (χ4n) is 7.60. The first-order valence-electron chi connectivity index (χ1n) is 15.6. The molecule has 1 N–H and O–H groups in total. The Kier molecular flexibility index (Phi) is 6.03. The summed E-state index contributed by atoms with van der Waals surface area (Å²) in [6, 6.07) is 24.4. The van der Waals surface area contributed by atoms with Crippen LogP contribution < -0.4 is 0 Å². The maximum atomic E-state index is 13.7. The summed E-state index contributed by atoms with van der Waals surface area (Å²) < 4.78 is 1.81. The van der Waals surface area contributed by atoms with E-state index in [1.165, 1.54) is 0 Å². The Labute approximate surface area is 274 Å². The molecule has 3 aliphatic rings. The minimum atomic E-state index is -0.920. The van der Waals surface area contributed by atoms with Gasteiger partial charge in [0.05, 0.1) is 22.5 Å². The minimum absolute atomic E-state index is 0.0809. The maximum Gasteiger partial charge on any atom is 0.242 e. The highest BCUT2D eigenvalue weighted by Gasteiger charge is 2.59. The van der Waals surface area contributed by atoms with Crippen LogP contribution in [0.25, 0.3) is 50.3 Å². The fourth-order valence-corrected chi connectivity index (χ4v) is 8.25. The molecule has 2 aromatic carbocycles. The van der Waals surface area contributed by atoms with Crippen LogP contribution in [0.15, 0.2) is 114 Å². The van der Waals surface area contributed by atoms with Crippen LogP contribution in [0, 0.1) is 5.92 Å². The quantitative estimate of drug-likeness (QED) is 0.206. The molecule has 1 atom stereocenters. The van der Waals surface area contributed by atoms with Crippen molar-refractivity contribution in [3.63, 3.8) is 0 Å². The predicted molar refractivity (Wildman–Crippen MR) is 181 cm³/mol. The smallest absolute Gasteiger partial charge is 0.242 e. The number of carbonyl (C=O) groups is 2. The molecule has 0 spiro atoms. The molecule has 5 heterocycles. The Balaban J connectivity index is 1.17. The molecule has 0 radical (unpaired) electrons. The second-order valence-electron chi connectivity index (χ2n) is 13.0. The van der Waals surface area contributed by atoms with Crippen LogP contribution in [0.2, 0.25) is 0 Å². The zero-order valence-corrected chi connectivity index (χ0v) is 26.3. The molecule has 1 amide bonds. The highest BCUT2D eigenvalue weighted by Crippen LogP contribution is 2.55. The molecule has 6 aromatic rings. The second kappa shape index (κ2) is 10.1. The number of benzene rings is 2. The molecule has 8 nitrogen and oxygen atoms in total. The average Bonchev–Trinajstić information content (AvgIpc) is 3.83. The lowest BCUT2D eigenvalue weighted by molar-refractivity contribution is -0.159. The topological polar surface area (TPSA) is 101 Å². The third-order valence-corrected chi connectivity index (χ3v) is 10.4. The van der Waals surface area contributed by atoms with E-state index in [9.17, 15) is 14.7 Å². The van der Waals surface area contributed by atoms with Gasteiger partial charge in [0.25, 0.3) is 0 Å². The third-order valence-electron chi connectivity index (χ3n) is 9.71. The number of nitrogens with zero attached hydrogens (tertiary/aromatic N) is 5. The molecule has 1 aliphatic heterocycles. The molecule has 9 rings (SSSR count). The first-order chi connectivity index (χ1) is 22.8. The lowest BCUT2D eigenvalue weighted by Crippen LogP contribution is -2.61. The molecule has 4 aromatic heterocycles. The molecular weight excluding hydrogens is 607 g/mol. The summed E-state index contributed by atoms with van der Waals surface area (Å²) in [4.78, 5) is 38.1. The summed E-state index contributed by atoms with van der Waals surface area (Å²) >= 11 is 1.63. The van der Waals surface area contributed by atoms with Crippen LogP contribution in [0.3, 0.4) is 0 Å². The lowest BCUT2D eigenvalue weighted by Gasteiger charge is -2.56. The maximum absolute atomic E-state index is 13.7. The van der Waals surface area contributed by atoms with Gasteiger partial charge in [0, 0.05) is 65.2 Å². The van der Waals surface area contributed by atoms with Gasteiger partial charge in [0.1, 0.15) is 5.92 Å². The molecule has 0 saturated heterocycles. The number of allylic oxidation sites excluding steroid dienone is 2. The summed E-state index contributed by atoms with van der Waals surface area (Å²) in [5.41, 5.74) is 6.98. The van der Waals surface area contributed by atoms with Gasteiger partial charge in [-0.05, 0) is 41.1 Å². The summed E-state index contributed by atoms with van der Waals surface area (Å²) in [5.74, 6) is -1.05. The monoisotopic (exact) mass is 635 g/mol. The Bertz CT molecular complexity index is 2300. The molecular formula is C38H29N5O3S. The molecule has 2 aliphatic carbocycles. The van der Waals surface area contributed by atoms with Gasteiger partial charge in [-0.2, -0.15) is 21.0 Å². The van der Waals surface area contributed by atoms with Crippen molar-refractivity contribution in [2.45, 2.75) is 37.3 Å². The van der Waals surface area contributed by atoms with Gasteiger partial charge in [-0.1, -0.05) is 66.7 Å². The first-order valence-corrected chi connectivity index (χ1v) is 16.6. The van der Waals surface area contributed by atoms with Crippen LogP contribution in [-0.2, 0) is 15.1 Å². The van der Waals surface area contributed by atoms with Crippen LogP contribution in [0.5, 0.6) is 0 Å². The van der Waals surface area contributed by atoms with Crippen molar-refractivity contribution in [3.05, 3.63) is 119 Å². The number of ketones is 1. The van der Waals surface area contributed by atoms with Gasteiger partial charge in [0.2, 0.25) is 5.91 Å². The van der Waals surface area contributed by atoms with Crippen molar-refractivity contribution >= 4 is 39.7 Å². The van der Waals surface area contributed by atoms with E-state index in [1.54, 1.807) is 23.2 Å². The van der Waals surface area contributed by atoms with Gasteiger partial charge in [-0.15, -0.1) is 0 Å². The number of aliphatic hydroxyl groups is 1. The number of pyridine rings is 1. The minimum Gasteiger partial charge on any atom is -0.390 e. The molecule has 0 bridgehead atoms. The number of thiophene rings is 1. The highest BCUT2D eigenvalue weighted by molar-refractivity contribution is 7.08. The Hall–Kier alpha value is -5.25. The molecule has 9 heteroatoms. The number of Topliss-reactive ketones (excluding diaryl/α,β-unsaturated/α-hetero) is 1. The van der Waals surface area contributed by atoms with Crippen LogP contribution in [0.1, 0.15) is 31.7 Å². The van der Waals surface area contributed by atoms with Gasteiger partial charge < -0.3 is 10.0 Å². The van der Waals surface area contributed by atoms with Crippen molar-refractivity contribution < 1.29 is 14.7 Å². The SMILES string of the molecule is CC1(O)CC(c2ccc(-c3nc4c(cnc5cc(-c6ccsc6)nn54)cc3-c3ccccc3)cc2)(N2C=C3C=CCC(=O)C3C2=O)C1. The largest absolute Gasteiger partial charge is 0.390 e. The van der Waals surface area contributed by atoms with E-state index in [0.717, 1.165) is 55.8 Å². The average molecular weight is 636 g/mol. The Morgan fingerprint density at radius 2 is 1.77 bits per heavy atom. The van der Waals surface area contributed by atoms with Crippen LogP contribution in [0.4, 0.5) is 0 Å². The van der Waals surface area contributed by atoms with Gasteiger partial charge in [-0.25, -0.2) is 9.97 Å². The van der Waals surface area contributed by atoms with E-state index >= 15 is 0 Å². The summed E-state index contributed by atoms with van der Waals surface area (Å²) in [6.45, 7) is 1.80. The number of hydrogen-bond acceptors (Lipinski definition) is 7. The number of fused-ring (bicyclic) bond motifs is 4. The second-order valence-corrected chi connectivity index (χ2v) is 13.8. The standard InChI is InChI=1S/C38H29N5O3S/c1-37(46)21-38(22-37,42-19-25-8-5-9-31(44)33(25)36(42)45)28-12-10-24(11-13-28)34-29(23-6-3-2-4-7-23)16-27-18-39-32-17-30(26-14-15-47-20-26)41-43(32)35(27)40-34/h2-8,10-20,33,46H,9,21-22H2,1H3. The van der Waals surface area contributed by atoms with E-state index in [1.807, 2.05) is 89.0 Å². The Morgan fingerprint density at radius 3 is 2.49 bits per heavy atom. The Morgan fingerprint density at radius 1 is 0.957 bits per heavy atom. The van der Waals surface area contributed by atoms with Crippen molar-refractivity contribution in [1.82, 2.24) is 24.5 Å². The van der Waals surface area contributed by atoms with Crippen molar-refractivity contribution in [1.29, 1.82) is 0 Å². The van der Waals surface area contributed by atoms with Crippen LogP contribution in [-0.4, -0.2) is 46.9 Å². The zero-order valence-electron chi connectivity index (χ0n) is 25.5.